The van der Waals surface area contributed by atoms with E-state index in [1.165, 1.54) is 88.1 Å². The van der Waals surface area contributed by atoms with Crippen molar-refractivity contribution in [2.75, 3.05) is 0 Å². The number of rotatable bonds is 1. The van der Waals surface area contributed by atoms with Crippen LogP contribution in [0.4, 0.5) is 0 Å². The minimum atomic E-state index is -0.423. The van der Waals surface area contributed by atoms with Gasteiger partial charge in [-0.05, 0) is 80.9 Å². The zero-order chi connectivity index (χ0) is 33.7. The van der Waals surface area contributed by atoms with Crippen LogP contribution >= 0.6 is 0 Å². The summed E-state index contributed by atoms with van der Waals surface area (Å²) in [5.41, 5.74) is 20.1. The first kappa shape index (κ1) is 27.2. The second-order valence-corrected chi connectivity index (χ2v) is 14.7. The molecule has 1 unspecified atom stereocenters. The maximum Gasteiger partial charge on any atom is 0.243 e. The van der Waals surface area contributed by atoms with Crippen molar-refractivity contribution in [2.45, 2.75) is 5.41 Å². The summed E-state index contributed by atoms with van der Waals surface area (Å²) in [5, 5.41) is 4.81. The van der Waals surface area contributed by atoms with Crippen LogP contribution in [0.5, 0.6) is 0 Å². The van der Waals surface area contributed by atoms with Gasteiger partial charge >= 0.3 is 0 Å². The fourth-order valence-electron chi connectivity index (χ4n) is 10.7. The Morgan fingerprint density at radius 2 is 1.12 bits per heavy atom. The van der Waals surface area contributed by atoms with E-state index in [0.717, 1.165) is 22.2 Å². The topological polar surface area (TPSA) is 18.1 Å². The van der Waals surface area contributed by atoms with Gasteiger partial charge in [0, 0.05) is 27.2 Å². The highest BCUT2D eigenvalue weighted by Gasteiger charge is 2.54. The van der Waals surface area contributed by atoms with Gasteiger partial charge in [0.1, 0.15) is 11.2 Å². The first-order valence-electron chi connectivity index (χ1n) is 18.2. The van der Waals surface area contributed by atoms with Crippen molar-refractivity contribution in [3.05, 3.63) is 192 Å². The molecule has 3 heteroatoms. The third-order valence-corrected chi connectivity index (χ3v) is 12.5. The average molecular weight is 658 g/mol. The second kappa shape index (κ2) is 9.40. The van der Waals surface area contributed by atoms with Crippen molar-refractivity contribution < 1.29 is 4.42 Å². The summed E-state index contributed by atoms with van der Waals surface area (Å²) in [5.74, 6) is 0. The molecule has 0 radical (unpaired) electrons. The summed E-state index contributed by atoms with van der Waals surface area (Å²) in [6.45, 7) is 0.230. The van der Waals surface area contributed by atoms with E-state index in [4.69, 9.17) is 4.42 Å². The predicted octanol–water partition coefficient (Wildman–Crippen LogP) is 9.86. The number of benzene rings is 8. The Balaban J connectivity index is 1.13. The molecular weight excluding hydrogens is 629 g/mol. The Labute approximate surface area is 300 Å². The largest absolute Gasteiger partial charge is 0.456 e. The van der Waals surface area contributed by atoms with Gasteiger partial charge in [-0.3, -0.25) is 0 Å². The van der Waals surface area contributed by atoms with Crippen LogP contribution in [-0.4, -0.2) is 11.3 Å². The van der Waals surface area contributed by atoms with Crippen LogP contribution in [0.3, 0.4) is 0 Å². The van der Waals surface area contributed by atoms with Crippen molar-refractivity contribution in [1.82, 2.24) is 4.57 Å². The fraction of sp³-hybridized carbons (Fsp3) is 0.0204. The first-order chi connectivity index (χ1) is 25.8. The van der Waals surface area contributed by atoms with Gasteiger partial charge in [-0.25, -0.2) is 0 Å². The summed E-state index contributed by atoms with van der Waals surface area (Å²) in [7, 11) is 0. The van der Waals surface area contributed by atoms with Crippen molar-refractivity contribution in [1.29, 1.82) is 0 Å². The normalized spacial score (nSPS) is 16.1. The van der Waals surface area contributed by atoms with E-state index in [9.17, 15) is 0 Å². The Morgan fingerprint density at radius 1 is 0.423 bits per heavy atom. The molecule has 0 bridgehead atoms. The molecule has 0 N–H and O–H groups in total. The average Bonchev–Trinajstić information content (AvgIpc) is 3.93. The van der Waals surface area contributed by atoms with E-state index in [2.05, 4.69) is 168 Å². The number of fused-ring (bicyclic) bond motifs is 19. The molecule has 0 saturated heterocycles. The predicted molar refractivity (Wildman–Crippen MR) is 215 cm³/mol. The van der Waals surface area contributed by atoms with E-state index >= 15 is 0 Å². The van der Waals surface area contributed by atoms with E-state index in [1.54, 1.807) is 0 Å². The number of nitrogens with zero attached hydrogens (tertiary/aromatic N) is 1. The number of hydrogen-bond donors (Lipinski definition) is 0. The standard InChI is InChI=1S/C49H28BNO/c1-5-17-36-30(12-1)35-28-29(51-42-22-9-3-14-33(42)46-43(51)26-27-45-47(46)34-15-4-10-23-44(34)52-45)24-25-37(35)49(36)38-18-6-8-21-41(38)50-40-20-7-2-13-31(40)32-16-11-19-39(49)48(32)50/h1-28H. The first-order valence-corrected chi connectivity index (χ1v) is 18.2. The summed E-state index contributed by atoms with van der Waals surface area (Å²) in [4.78, 5) is 0. The highest BCUT2D eigenvalue weighted by Crippen LogP contribution is 2.57. The van der Waals surface area contributed by atoms with Gasteiger partial charge in [0.15, 0.2) is 0 Å². The zero-order valence-electron chi connectivity index (χ0n) is 28.1. The molecule has 4 heterocycles. The molecule has 10 aromatic rings. The van der Waals surface area contributed by atoms with Gasteiger partial charge in [-0.15, -0.1) is 0 Å². The maximum atomic E-state index is 6.38. The lowest BCUT2D eigenvalue weighted by Gasteiger charge is -2.42. The van der Waals surface area contributed by atoms with Crippen molar-refractivity contribution in [3.8, 4) is 27.9 Å². The molecule has 0 amide bonds. The molecule has 13 rings (SSSR count). The molecule has 52 heavy (non-hydrogen) atoms. The third-order valence-electron chi connectivity index (χ3n) is 12.5. The number of hydrogen-bond acceptors (Lipinski definition) is 1. The van der Waals surface area contributed by atoms with Gasteiger partial charge in [-0.1, -0.05) is 150 Å². The Morgan fingerprint density at radius 3 is 2.04 bits per heavy atom. The molecule has 0 fully saturated rings. The quantitative estimate of drug-likeness (QED) is 0.161. The molecule has 2 aliphatic heterocycles. The van der Waals surface area contributed by atoms with Gasteiger partial charge < -0.3 is 8.98 Å². The highest BCUT2D eigenvalue weighted by molar-refractivity contribution is 7.00. The van der Waals surface area contributed by atoms with E-state index < -0.39 is 5.41 Å². The monoisotopic (exact) mass is 657 g/mol. The van der Waals surface area contributed by atoms with E-state index in [0.29, 0.717) is 0 Å². The number of aromatic nitrogens is 1. The molecule has 238 valence electrons. The summed E-state index contributed by atoms with van der Waals surface area (Å²) < 4.78 is 8.84. The lowest BCUT2D eigenvalue weighted by atomic mass is 9.32. The third kappa shape index (κ3) is 3.04. The SMILES string of the molecule is c1ccc2c(c1)B1c3ccccc3C3(c4ccccc4-c4cc(-n5c6ccccc6c6c7c(ccc65)oc5ccccc57)ccc43)c3cccc-2c31. The summed E-state index contributed by atoms with van der Waals surface area (Å²) in [6, 6.07) is 63.4. The molecule has 2 nitrogen and oxygen atoms in total. The van der Waals surface area contributed by atoms with Gasteiger partial charge in [-0.2, -0.15) is 0 Å². The van der Waals surface area contributed by atoms with Gasteiger partial charge in [0.25, 0.3) is 0 Å². The fourth-order valence-corrected chi connectivity index (χ4v) is 10.7. The van der Waals surface area contributed by atoms with Crippen LogP contribution < -0.4 is 16.4 Å². The van der Waals surface area contributed by atoms with Crippen LogP contribution in [0.1, 0.15) is 22.3 Å². The molecule has 1 aliphatic carbocycles. The zero-order valence-corrected chi connectivity index (χ0v) is 28.1. The van der Waals surface area contributed by atoms with Gasteiger partial charge in [0.2, 0.25) is 6.71 Å². The molecule has 0 saturated carbocycles. The van der Waals surface area contributed by atoms with E-state index in [-0.39, 0.29) is 6.71 Å². The smallest absolute Gasteiger partial charge is 0.243 e. The Bertz CT molecular complexity index is 3220. The lowest BCUT2D eigenvalue weighted by Crippen LogP contribution is -2.59. The van der Waals surface area contributed by atoms with Crippen molar-refractivity contribution in [3.63, 3.8) is 0 Å². The minimum Gasteiger partial charge on any atom is -0.456 e. The summed E-state index contributed by atoms with van der Waals surface area (Å²) >= 11 is 0. The highest BCUT2D eigenvalue weighted by atomic mass is 16.3. The van der Waals surface area contributed by atoms with Crippen LogP contribution in [0.25, 0.3) is 71.7 Å². The van der Waals surface area contributed by atoms with Gasteiger partial charge in [0.05, 0.1) is 16.4 Å². The Kier molecular flexibility index (Phi) is 4.91. The summed E-state index contributed by atoms with van der Waals surface area (Å²) in [6.07, 6.45) is 0. The van der Waals surface area contributed by atoms with Crippen LogP contribution in [0.15, 0.2) is 174 Å². The van der Waals surface area contributed by atoms with Crippen LogP contribution in [0, 0.1) is 0 Å². The van der Waals surface area contributed by atoms with Crippen LogP contribution in [0.2, 0.25) is 0 Å². The second-order valence-electron chi connectivity index (χ2n) is 14.7. The number of para-hydroxylation sites is 2. The minimum absolute atomic E-state index is 0.230. The lowest BCUT2D eigenvalue weighted by molar-refractivity contribution is 0.669. The van der Waals surface area contributed by atoms with Crippen molar-refractivity contribution in [2.24, 2.45) is 0 Å². The molecule has 3 aliphatic rings. The van der Waals surface area contributed by atoms with Crippen LogP contribution in [-0.2, 0) is 5.41 Å². The molecular formula is C49H28BNO. The Hall–Kier alpha value is -6.58. The molecule has 1 atom stereocenters. The molecule has 2 aromatic heterocycles. The van der Waals surface area contributed by atoms with E-state index in [1.807, 2.05) is 6.07 Å². The molecule has 1 spiro atoms. The number of furan rings is 1. The maximum absolute atomic E-state index is 6.38. The molecule has 8 aromatic carbocycles. The van der Waals surface area contributed by atoms with Crippen molar-refractivity contribution >= 4 is 66.8 Å².